The summed E-state index contributed by atoms with van der Waals surface area (Å²) in [4.78, 5) is 9.99. The molecular formula is C9H10F3N3O3. The molecule has 100 valence electrons. The summed E-state index contributed by atoms with van der Waals surface area (Å²) in [6, 6.07) is 3.90. The third-order valence-electron chi connectivity index (χ3n) is 1.98. The molecule has 1 rings (SSSR count). The van der Waals surface area contributed by atoms with Crippen LogP contribution in [0.3, 0.4) is 0 Å². The zero-order chi connectivity index (χ0) is 13.8. The normalized spacial score (nSPS) is 11.1. The van der Waals surface area contributed by atoms with Crippen LogP contribution in [0.25, 0.3) is 0 Å². The quantitative estimate of drug-likeness (QED) is 0.484. The van der Waals surface area contributed by atoms with Gasteiger partial charge in [-0.3, -0.25) is 16.0 Å². The minimum Gasteiger partial charge on any atom is -0.486 e. The summed E-state index contributed by atoms with van der Waals surface area (Å²) in [5, 5.41) is 10.8. The van der Waals surface area contributed by atoms with E-state index in [-0.39, 0.29) is 11.4 Å². The van der Waals surface area contributed by atoms with Gasteiger partial charge in [-0.1, -0.05) is 6.07 Å². The maximum Gasteiger partial charge on any atom is 0.392 e. The first kappa shape index (κ1) is 14.0. The molecule has 3 N–H and O–H groups in total. The summed E-state index contributed by atoms with van der Waals surface area (Å²) in [6.07, 6.45) is -5.57. The summed E-state index contributed by atoms with van der Waals surface area (Å²) < 4.78 is 40.5. The molecule has 0 saturated heterocycles. The van der Waals surface area contributed by atoms with Crippen LogP contribution in [-0.4, -0.2) is 17.7 Å². The Morgan fingerprint density at radius 1 is 1.44 bits per heavy atom. The van der Waals surface area contributed by atoms with Gasteiger partial charge in [0.2, 0.25) is 0 Å². The van der Waals surface area contributed by atoms with Crippen molar-refractivity contribution in [1.29, 1.82) is 0 Å². The molecule has 18 heavy (non-hydrogen) atoms. The Hall–Kier alpha value is -2.03. The predicted octanol–water partition coefficient (Wildman–Crippen LogP) is 2.21. The van der Waals surface area contributed by atoms with Gasteiger partial charge in [0.1, 0.15) is 5.69 Å². The Balaban J connectivity index is 2.85. The van der Waals surface area contributed by atoms with Crippen LogP contribution >= 0.6 is 0 Å². The highest BCUT2D eigenvalue weighted by molar-refractivity contribution is 5.67. The summed E-state index contributed by atoms with van der Waals surface area (Å²) in [6.45, 7) is -0.696. The number of nitrogen functional groups attached to an aromatic ring is 1. The Labute approximate surface area is 99.6 Å². The first-order valence-corrected chi connectivity index (χ1v) is 4.78. The highest BCUT2D eigenvalue weighted by Crippen LogP contribution is 2.34. The second kappa shape index (κ2) is 5.54. The lowest BCUT2D eigenvalue weighted by Gasteiger charge is -2.10. The Morgan fingerprint density at radius 2 is 2.11 bits per heavy atom. The van der Waals surface area contributed by atoms with E-state index in [4.69, 9.17) is 10.6 Å². The van der Waals surface area contributed by atoms with Gasteiger partial charge in [-0.05, 0) is 12.1 Å². The monoisotopic (exact) mass is 265 g/mol. The van der Waals surface area contributed by atoms with Crippen molar-refractivity contribution in [3.63, 3.8) is 0 Å². The number of anilines is 1. The number of hydrogen-bond donors (Lipinski definition) is 2. The molecular weight excluding hydrogens is 255 g/mol. The first-order chi connectivity index (χ1) is 8.35. The van der Waals surface area contributed by atoms with E-state index >= 15 is 0 Å². The lowest BCUT2D eigenvalue weighted by molar-refractivity contribution is -0.385. The van der Waals surface area contributed by atoms with Gasteiger partial charge in [0, 0.05) is 0 Å². The molecule has 0 fully saturated rings. The third kappa shape index (κ3) is 3.77. The van der Waals surface area contributed by atoms with E-state index in [9.17, 15) is 23.3 Å². The topological polar surface area (TPSA) is 90.4 Å². The van der Waals surface area contributed by atoms with Gasteiger partial charge in [0.25, 0.3) is 0 Å². The second-order valence-electron chi connectivity index (χ2n) is 3.27. The van der Waals surface area contributed by atoms with Crippen LogP contribution in [0.2, 0.25) is 0 Å². The molecule has 0 aromatic heterocycles. The van der Waals surface area contributed by atoms with E-state index in [1.807, 2.05) is 0 Å². The van der Waals surface area contributed by atoms with Gasteiger partial charge in [-0.25, -0.2) is 0 Å². The maximum atomic E-state index is 11.9. The number of benzene rings is 1. The Kier molecular flexibility index (Phi) is 4.32. The van der Waals surface area contributed by atoms with Crippen molar-refractivity contribution in [2.45, 2.75) is 12.6 Å². The number of rotatable bonds is 5. The highest BCUT2D eigenvalue weighted by atomic mass is 19.4. The van der Waals surface area contributed by atoms with Crippen molar-refractivity contribution in [2.75, 3.05) is 12.0 Å². The molecule has 9 heteroatoms. The molecule has 0 radical (unpaired) electrons. The van der Waals surface area contributed by atoms with Crippen LogP contribution in [0, 0.1) is 10.1 Å². The van der Waals surface area contributed by atoms with Crippen molar-refractivity contribution < 1.29 is 22.8 Å². The smallest absolute Gasteiger partial charge is 0.392 e. The number of para-hydroxylation sites is 1. The number of ether oxygens (including phenoxy) is 1. The minimum absolute atomic E-state index is 0.0375. The van der Waals surface area contributed by atoms with Crippen molar-refractivity contribution >= 4 is 11.4 Å². The fraction of sp³-hybridized carbons (Fsp3) is 0.333. The lowest BCUT2D eigenvalue weighted by atomic mass is 10.2. The molecule has 0 atom stereocenters. The van der Waals surface area contributed by atoms with Crippen LogP contribution < -0.4 is 16.0 Å². The molecule has 6 nitrogen and oxygen atoms in total. The van der Waals surface area contributed by atoms with E-state index < -0.39 is 29.8 Å². The largest absolute Gasteiger partial charge is 0.486 e. The van der Waals surface area contributed by atoms with Crippen LogP contribution in [0.5, 0.6) is 5.75 Å². The molecule has 0 bridgehead atoms. The maximum absolute atomic E-state index is 11.9. The Bertz CT molecular complexity index is 437. The van der Waals surface area contributed by atoms with Gasteiger partial charge in [0.05, 0.1) is 18.0 Å². The zero-order valence-electron chi connectivity index (χ0n) is 9.03. The van der Waals surface area contributed by atoms with E-state index in [2.05, 4.69) is 5.43 Å². The van der Waals surface area contributed by atoms with Gasteiger partial charge >= 0.3 is 11.9 Å². The molecule has 1 aromatic carbocycles. The lowest BCUT2D eigenvalue weighted by Crippen LogP contribution is -2.14. The van der Waals surface area contributed by atoms with Crippen molar-refractivity contribution in [1.82, 2.24) is 0 Å². The van der Waals surface area contributed by atoms with Crippen LogP contribution in [0.4, 0.5) is 24.5 Å². The summed E-state index contributed by atoms with van der Waals surface area (Å²) in [5.74, 6) is 4.80. The molecule has 0 aliphatic heterocycles. The second-order valence-corrected chi connectivity index (χ2v) is 3.27. The number of nitro benzene ring substituents is 1. The third-order valence-corrected chi connectivity index (χ3v) is 1.98. The van der Waals surface area contributed by atoms with E-state index in [0.29, 0.717) is 0 Å². The highest BCUT2D eigenvalue weighted by Gasteiger charge is 2.28. The molecule has 1 aromatic rings. The number of nitrogens with zero attached hydrogens (tertiary/aromatic N) is 1. The van der Waals surface area contributed by atoms with E-state index in [0.717, 1.165) is 0 Å². The van der Waals surface area contributed by atoms with E-state index in [1.54, 1.807) is 0 Å². The number of nitro groups is 1. The fourth-order valence-corrected chi connectivity index (χ4v) is 1.22. The molecule has 0 aliphatic rings. The van der Waals surface area contributed by atoms with E-state index in [1.165, 1.54) is 18.2 Å². The minimum atomic E-state index is -4.38. The van der Waals surface area contributed by atoms with Crippen LogP contribution in [-0.2, 0) is 0 Å². The summed E-state index contributed by atoms with van der Waals surface area (Å²) in [5.41, 5.74) is 1.54. The molecule has 0 unspecified atom stereocenters. The fourth-order valence-electron chi connectivity index (χ4n) is 1.22. The molecule has 0 heterocycles. The number of alkyl halides is 3. The van der Waals surface area contributed by atoms with Crippen molar-refractivity contribution in [3.8, 4) is 5.75 Å². The number of hydrazine groups is 1. The molecule has 0 aliphatic carbocycles. The molecule has 0 amide bonds. The molecule has 0 spiro atoms. The van der Waals surface area contributed by atoms with Gasteiger partial charge < -0.3 is 10.2 Å². The number of nitrogens with two attached hydrogens (primary N) is 1. The Morgan fingerprint density at radius 3 is 2.61 bits per heavy atom. The number of hydrogen-bond acceptors (Lipinski definition) is 5. The zero-order valence-corrected chi connectivity index (χ0v) is 9.03. The number of nitrogens with one attached hydrogen (secondary N) is 1. The first-order valence-electron chi connectivity index (χ1n) is 4.78. The summed E-state index contributed by atoms with van der Waals surface area (Å²) in [7, 11) is 0. The average Bonchev–Trinajstić information content (AvgIpc) is 2.26. The van der Waals surface area contributed by atoms with Gasteiger partial charge in [-0.2, -0.15) is 13.2 Å². The van der Waals surface area contributed by atoms with Gasteiger partial charge in [0.15, 0.2) is 5.75 Å². The number of halogens is 3. The molecule has 0 saturated carbocycles. The van der Waals surface area contributed by atoms with Crippen LogP contribution in [0.1, 0.15) is 6.42 Å². The van der Waals surface area contributed by atoms with Gasteiger partial charge in [-0.15, -0.1) is 0 Å². The van der Waals surface area contributed by atoms with Crippen molar-refractivity contribution in [3.05, 3.63) is 28.3 Å². The predicted molar refractivity (Wildman–Crippen MR) is 57.1 cm³/mol. The standard InChI is InChI=1S/C9H10F3N3O3/c10-9(11,12)4-5-18-7-3-1-2-6(14-13)8(7)15(16)17/h1-3,14H,4-5,13H2. The average molecular weight is 265 g/mol. The summed E-state index contributed by atoms with van der Waals surface area (Å²) >= 11 is 0. The SMILES string of the molecule is NNc1cccc(OCCC(F)(F)F)c1[N+](=O)[O-]. The van der Waals surface area contributed by atoms with Crippen LogP contribution in [0.15, 0.2) is 18.2 Å². The van der Waals surface area contributed by atoms with Crippen molar-refractivity contribution in [2.24, 2.45) is 5.84 Å².